The van der Waals surface area contributed by atoms with Gasteiger partial charge in [0.2, 0.25) is 0 Å². The Morgan fingerprint density at radius 3 is 2.39 bits per heavy atom. The summed E-state index contributed by atoms with van der Waals surface area (Å²) in [6, 6.07) is 13.6. The molecule has 6 nitrogen and oxygen atoms in total. The Balaban J connectivity index is 1.52. The standard InChI is InChI=1S/C21H19ClN2O4/c1-21(19(26)23-20(27)24-21)13-12-15-4-9-17(10-5-15)28-18(25)11-6-14-2-7-16(22)8-3-14/h2-11H,12-13H2,1H3,(H2,23,24,26,27)/b11-6+/t21-/m1/s1. The van der Waals surface area contributed by atoms with Gasteiger partial charge in [0, 0.05) is 11.1 Å². The third-order valence-electron chi connectivity index (χ3n) is 4.45. The van der Waals surface area contributed by atoms with Crippen molar-refractivity contribution in [3.05, 3.63) is 70.8 Å². The summed E-state index contributed by atoms with van der Waals surface area (Å²) in [5, 5.41) is 5.51. The molecule has 2 aromatic carbocycles. The minimum atomic E-state index is -0.908. The van der Waals surface area contributed by atoms with Gasteiger partial charge in [-0.3, -0.25) is 10.1 Å². The maximum Gasteiger partial charge on any atom is 0.336 e. The molecule has 3 amide bonds. The van der Waals surface area contributed by atoms with Gasteiger partial charge in [-0.05, 0) is 61.2 Å². The summed E-state index contributed by atoms with van der Waals surface area (Å²) in [4.78, 5) is 35.0. The van der Waals surface area contributed by atoms with Crippen LogP contribution >= 0.6 is 11.6 Å². The fourth-order valence-electron chi connectivity index (χ4n) is 2.76. The topological polar surface area (TPSA) is 84.5 Å². The Hall–Kier alpha value is -3.12. The molecule has 0 aromatic heterocycles. The number of ether oxygens (including phenoxy) is 1. The average Bonchev–Trinajstić information content (AvgIpc) is 2.93. The Morgan fingerprint density at radius 2 is 1.79 bits per heavy atom. The van der Waals surface area contributed by atoms with E-state index in [1.165, 1.54) is 6.08 Å². The number of rotatable bonds is 6. The summed E-state index contributed by atoms with van der Waals surface area (Å²) in [5.74, 6) is -0.385. The van der Waals surface area contributed by atoms with Crippen LogP contribution in [0.25, 0.3) is 6.08 Å². The molecule has 0 radical (unpaired) electrons. The second-order valence-corrected chi connectivity index (χ2v) is 7.13. The number of halogens is 1. The van der Waals surface area contributed by atoms with E-state index in [4.69, 9.17) is 16.3 Å². The van der Waals surface area contributed by atoms with Gasteiger partial charge in [0.25, 0.3) is 5.91 Å². The lowest BCUT2D eigenvalue weighted by atomic mass is 9.93. The Kier molecular flexibility index (Phi) is 5.80. The highest BCUT2D eigenvalue weighted by Gasteiger charge is 2.41. The van der Waals surface area contributed by atoms with E-state index in [0.29, 0.717) is 23.6 Å². The fraction of sp³-hybridized carbons (Fsp3) is 0.190. The number of nitrogens with one attached hydrogen (secondary N) is 2. The summed E-state index contributed by atoms with van der Waals surface area (Å²) < 4.78 is 5.27. The zero-order chi connectivity index (χ0) is 20.1. The van der Waals surface area contributed by atoms with Gasteiger partial charge in [0.15, 0.2) is 0 Å². The van der Waals surface area contributed by atoms with Gasteiger partial charge in [-0.15, -0.1) is 0 Å². The smallest absolute Gasteiger partial charge is 0.336 e. The van der Waals surface area contributed by atoms with E-state index in [-0.39, 0.29) is 5.91 Å². The van der Waals surface area contributed by atoms with Crippen LogP contribution in [0.4, 0.5) is 4.79 Å². The minimum Gasteiger partial charge on any atom is -0.423 e. The van der Waals surface area contributed by atoms with E-state index in [2.05, 4.69) is 10.6 Å². The van der Waals surface area contributed by atoms with E-state index in [0.717, 1.165) is 11.1 Å². The van der Waals surface area contributed by atoms with Crippen molar-refractivity contribution in [1.29, 1.82) is 0 Å². The lowest BCUT2D eigenvalue weighted by Crippen LogP contribution is -2.43. The van der Waals surface area contributed by atoms with Gasteiger partial charge >= 0.3 is 12.0 Å². The highest BCUT2D eigenvalue weighted by atomic mass is 35.5. The molecule has 1 atom stereocenters. The molecule has 2 N–H and O–H groups in total. The molecule has 2 aromatic rings. The monoisotopic (exact) mass is 398 g/mol. The molecular weight excluding hydrogens is 380 g/mol. The zero-order valence-corrected chi connectivity index (χ0v) is 16.0. The van der Waals surface area contributed by atoms with E-state index >= 15 is 0 Å². The van der Waals surface area contributed by atoms with Crippen molar-refractivity contribution < 1.29 is 19.1 Å². The summed E-state index contributed by atoms with van der Waals surface area (Å²) in [7, 11) is 0. The van der Waals surface area contributed by atoms with Gasteiger partial charge in [0.05, 0.1) is 0 Å². The largest absolute Gasteiger partial charge is 0.423 e. The zero-order valence-electron chi connectivity index (χ0n) is 15.2. The van der Waals surface area contributed by atoms with Crippen molar-refractivity contribution >= 4 is 35.6 Å². The minimum absolute atomic E-state index is 0.324. The number of amides is 3. The molecule has 0 unspecified atom stereocenters. The number of carbonyl (C=O) groups is 3. The van der Waals surface area contributed by atoms with Gasteiger partial charge in [-0.2, -0.15) is 0 Å². The number of hydrogen-bond donors (Lipinski definition) is 2. The summed E-state index contributed by atoms with van der Waals surface area (Å²) >= 11 is 5.82. The molecule has 1 aliphatic heterocycles. The third-order valence-corrected chi connectivity index (χ3v) is 4.71. The summed E-state index contributed by atoms with van der Waals surface area (Å²) in [5.41, 5.74) is 0.897. The molecule has 3 rings (SSSR count). The van der Waals surface area contributed by atoms with E-state index in [9.17, 15) is 14.4 Å². The third kappa shape index (κ3) is 4.98. The van der Waals surface area contributed by atoms with Crippen molar-refractivity contribution in [2.24, 2.45) is 0 Å². The van der Waals surface area contributed by atoms with Crippen LogP contribution in [0.1, 0.15) is 24.5 Å². The highest BCUT2D eigenvalue weighted by molar-refractivity contribution is 6.30. The fourth-order valence-corrected chi connectivity index (χ4v) is 2.89. The number of carbonyl (C=O) groups excluding carboxylic acids is 3. The SMILES string of the molecule is C[C@]1(CCc2ccc(OC(=O)/C=C/c3ccc(Cl)cc3)cc2)NC(=O)NC1=O. The van der Waals surface area contributed by atoms with Gasteiger partial charge < -0.3 is 10.1 Å². The Labute approximate surface area is 167 Å². The number of imide groups is 1. The molecule has 0 aliphatic carbocycles. The summed E-state index contributed by atoms with van der Waals surface area (Å²) in [6.07, 6.45) is 4.05. The van der Waals surface area contributed by atoms with E-state index in [1.54, 1.807) is 49.4 Å². The second kappa shape index (κ2) is 8.27. The maximum atomic E-state index is 11.9. The first-order chi connectivity index (χ1) is 13.3. The quantitative estimate of drug-likeness (QED) is 0.337. The molecule has 0 bridgehead atoms. The average molecular weight is 399 g/mol. The molecule has 0 saturated carbocycles. The van der Waals surface area contributed by atoms with E-state index < -0.39 is 17.5 Å². The molecule has 1 heterocycles. The number of aryl methyl sites for hydroxylation is 1. The van der Waals surface area contributed by atoms with Crippen LogP contribution in [0.5, 0.6) is 5.75 Å². The number of urea groups is 1. The normalized spacial score (nSPS) is 18.8. The van der Waals surface area contributed by atoms with Gasteiger partial charge in [-0.25, -0.2) is 9.59 Å². The maximum absolute atomic E-state index is 11.9. The van der Waals surface area contributed by atoms with E-state index in [1.807, 2.05) is 12.1 Å². The first-order valence-corrected chi connectivity index (χ1v) is 9.10. The van der Waals surface area contributed by atoms with Crippen LogP contribution in [0.3, 0.4) is 0 Å². The lowest BCUT2D eigenvalue weighted by Gasteiger charge is -2.20. The molecule has 1 aliphatic rings. The highest BCUT2D eigenvalue weighted by Crippen LogP contribution is 2.20. The number of hydrogen-bond acceptors (Lipinski definition) is 4. The van der Waals surface area contributed by atoms with Crippen molar-refractivity contribution in [3.63, 3.8) is 0 Å². The predicted octanol–water partition coefficient (Wildman–Crippen LogP) is 3.49. The van der Waals surface area contributed by atoms with Gasteiger partial charge in [-0.1, -0.05) is 35.9 Å². The molecule has 1 saturated heterocycles. The van der Waals surface area contributed by atoms with Crippen molar-refractivity contribution in [2.45, 2.75) is 25.3 Å². The van der Waals surface area contributed by atoms with Crippen LogP contribution < -0.4 is 15.4 Å². The molecule has 0 spiro atoms. The van der Waals surface area contributed by atoms with Gasteiger partial charge in [0.1, 0.15) is 11.3 Å². The van der Waals surface area contributed by atoms with Crippen LogP contribution in [0, 0.1) is 0 Å². The lowest BCUT2D eigenvalue weighted by molar-refractivity contribution is -0.129. The Bertz CT molecular complexity index is 922. The predicted molar refractivity (Wildman–Crippen MR) is 106 cm³/mol. The van der Waals surface area contributed by atoms with Crippen molar-refractivity contribution in [3.8, 4) is 5.75 Å². The molecule has 1 fully saturated rings. The molecule has 144 valence electrons. The van der Waals surface area contributed by atoms with Crippen LogP contribution in [0.15, 0.2) is 54.6 Å². The van der Waals surface area contributed by atoms with Crippen molar-refractivity contribution in [1.82, 2.24) is 10.6 Å². The first kappa shape index (κ1) is 19.6. The van der Waals surface area contributed by atoms with Crippen LogP contribution in [-0.2, 0) is 16.0 Å². The number of esters is 1. The van der Waals surface area contributed by atoms with Crippen molar-refractivity contribution in [2.75, 3.05) is 0 Å². The van der Waals surface area contributed by atoms with Crippen LogP contribution in [-0.4, -0.2) is 23.4 Å². The second-order valence-electron chi connectivity index (χ2n) is 6.69. The molecular formula is C21H19ClN2O4. The summed E-state index contributed by atoms with van der Waals surface area (Å²) in [6.45, 7) is 1.69. The first-order valence-electron chi connectivity index (χ1n) is 8.72. The molecule has 7 heteroatoms. The Morgan fingerprint density at radius 1 is 1.11 bits per heavy atom. The molecule has 28 heavy (non-hydrogen) atoms. The van der Waals surface area contributed by atoms with Crippen LogP contribution in [0.2, 0.25) is 5.02 Å². The number of benzene rings is 2.